The number of benzene rings is 1. The number of hydrogen-bond acceptors (Lipinski definition) is 4. The van der Waals surface area contributed by atoms with Crippen molar-refractivity contribution in [1.82, 2.24) is 20.0 Å². The Morgan fingerprint density at radius 1 is 1.07 bits per heavy atom. The van der Waals surface area contributed by atoms with Gasteiger partial charge in [0.2, 0.25) is 0 Å². The van der Waals surface area contributed by atoms with Gasteiger partial charge >= 0.3 is 11.8 Å². The number of hydrogen-bond donors (Lipinski definition) is 2. The second-order valence-corrected chi connectivity index (χ2v) is 8.32. The van der Waals surface area contributed by atoms with Crippen LogP contribution in [0.1, 0.15) is 34.5 Å². The minimum atomic E-state index is -0.931. The van der Waals surface area contributed by atoms with Gasteiger partial charge in [0.25, 0.3) is 5.91 Å². The number of H-pyrrole nitrogens is 1. The number of likely N-dealkylation sites (tertiary alicyclic amines) is 2. The normalized spacial score (nSPS) is 17.9. The van der Waals surface area contributed by atoms with Crippen LogP contribution in [0.15, 0.2) is 24.3 Å². The zero-order chi connectivity index (χ0) is 20.8. The lowest BCUT2D eigenvalue weighted by Crippen LogP contribution is -2.66. The molecule has 8 heteroatoms. The largest absolute Gasteiger partial charge is 0.361 e. The van der Waals surface area contributed by atoms with Gasteiger partial charge in [0.05, 0.1) is 5.69 Å². The molecule has 0 aliphatic carbocycles. The van der Waals surface area contributed by atoms with E-state index < -0.39 is 11.8 Å². The second-order valence-electron chi connectivity index (χ2n) is 8.32. The van der Waals surface area contributed by atoms with Crippen LogP contribution in [-0.2, 0) is 9.59 Å². The number of aromatic nitrogens is 2. The highest BCUT2D eigenvalue weighted by Crippen LogP contribution is 2.39. The topological polar surface area (TPSA) is 112 Å². The lowest BCUT2D eigenvalue weighted by molar-refractivity contribution is -0.154. The summed E-state index contributed by atoms with van der Waals surface area (Å²) in [5, 5.41) is 7.20. The summed E-state index contributed by atoms with van der Waals surface area (Å²) in [7, 11) is 0. The highest BCUT2D eigenvalue weighted by molar-refractivity contribution is 6.34. The molecule has 2 aliphatic heterocycles. The summed E-state index contributed by atoms with van der Waals surface area (Å²) in [5.74, 6) is -1.67. The van der Waals surface area contributed by atoms with Crippen LogP contribution in [0.3, 0.4) is 0 Å². The first-order valence-electron chi connectivity index (χ1n) is 9.79. The van der Waals surface area contributed by atoms with Crippen LogP contribution in [-0.4, -0.2) is 63.9 Å². The quantitative estimate of drug-likeness (QED) is 0.745. The summed E-state index contributed by atoms with van der Waals surface area (Å²) in [4.78, 5) is 39.1. The van der Waals surface area contributed by atoms with Crippen LogP contribution in [0, 0.1) is 19.3 Å². The van der Waals surface area contributed by atoms with Gasteiger partial charge in [-0.3, -0.25) is 19.5 Å². The van der Waals surface area contributed by atoms with Crippen LogP contribution in [0.2, 0.25) is 0 Å². The summed E-state index contributed by atoms with van der Waals surface area (Å²) < 4.78 is 0. The van der Waals surface area contributed by atoms with Gasteiger partial charge in [0, 0.05) is 37.2 Å². The van der Waals surface area contributed by atoms with E-state index in [-0.39, 0.29) is 11.3 Å². The summed E-state index contributed by atoms with van der Waals surface area (Å²) in [6.45, 7) is 6.28. The molecule has 0 unspecified atom stereocenters. The van der Waals surface area contributed by atoms with E-state index in [1.54, 1.807) is 6.07 Å². The molecule has 1 aromatic carbocycles. The average molecular weight is 395 g/mol. The Hall–Kier alpha value is -3.16. The van der Waals surface area contributed by atoms with Crippen molar-refractivity contribution in [3.63, 3.8) is 0 Å². The molecule has 8 nitrogen and oxygen atoms in total. The van der Waals surface area contributed by atoms with Crippen molar-refractivity contribution in [2.75, 3.05) is 26.2 Å². The standard InChI is InChI=1S/C21H25N5O3/c1-13-4-5-15(8-14(13)2)16-9-17(24-23-16)19(28)25-7-3-6-21(10-25)11-26(12-21)20(29)18(22)27/h4-5,8-9H,3,6-7,10-12H2,1-2H3,(H2,22,27)(H,23,24). The number of nitrogens with one attached hydrogen (secondary N) is 1. The molecule has 0 atom stereocenters. The van der Waals surface area contributed by atoms with Gasteiger partial charge in [0.15, 0.2) is 0 Å². The molecule has 1 aromatic heterocycles. The lowest BCUT2D eigenvalue weighted by Gasteiger charge is -2.54. The van der Waals surface area contributed by atoms with Crippen molar-refractivity contribution in [3.05, 3.63) is 41.1 Å². The molecule has 152 valence electrons. The predicted octanol–water partition coefficient (Wildman–Crippen LogP) is 1.24. The SMILES string of the molecule is Cc1ccc(-c2cc(C(=O)N3CCCC4(CN(C(=O)C(N)=O)C4)C3)[nH]n2)cc1C. The van der Waals surface area contributed by atoms with Gasteiger partial charge in [-0.25, -0.2) is 0 Å². The van der Waals surface area contributed by atoms with Crippen LogP contribution >= 0.6 is 0 Å². The maximum absolute atomic E-state index is 13.0. The second kappa shape index (κ2) is 7.02. The third-order valence-electron chi connectivity index (χ3n) is 6.11. The lowest BCUT2D eigenvalue weighted by atomic mass is 9.73. The van der Waals surface area contributed by atoms with E-state index in [0.717, 1.165) is 24.1 Å². The van der Waals surface area contributed by atoms with E-state index in [0.29, 0.717) is 31.9 Å². The van der Waals surface area contributed by atoms with Crippen LogP contribution in [0.5, 0.6) is 0 Å². The van der Waals surface area contributed by atoms with E-state index in [9.17, 15) is 14.4 Å². The molecular weight excluding hydrogens is 370 g/mol. The van der Waals surface area contributed by atoms with E-state index in [1.807, 2.05) is 17.0 Å². The fourth-order valence-corrected chi connectivity index (χ4v) is 4.35. The number of aromatic amines is 1. The Morgan fingerprint density at radius 3 is 2.48 bits per heavy atom. The molecule has 4 rings (SSSR count). The number of amides is 3. The van der Waals surface area contributed by atoms with Gasteiger partial charge < -0.3 is 15.5 Å². The maximum Gasteiger partial charge on any atom is 0.311 e. The van der Waals surface area contributed by atoms with E-state index in [4.69, 9.17) is 5.73 Å². The Bertz CT molecular complexity index is 990. The fourth-order valence-electron chi connectivity index (χ4n) is 4.35. The molecule has 3 amide bonds. The van der Waals surface area contributed by atoms with Crippen LogP contribution in [0.4, 0.5) is 0 Å². The Labute approximate surface area is 169 Å². The number of carbonyl (C=O) groups is 3. The molecule has 0 radical (unpaired) electrons. The van der Waals surface area contributed by atoms with E-state index in [1.165, 1.54) is 16.0 Å². The monoisotopic (exact) mass is 395 g/mol. The number of aryl methyl sites for hydroxylation is 2. The molecule has 3 N–H and O–H groups in total. The van der Waals surface area contributed by atoms with E-state index >= 15 is 0 Å². The van der Waals surface area contributed by atoms with Crippen molar-refractivity contribution in [1.29, 1.82) is 0 Å². The van der Waals surface area contributed by atoms with Crippen molar-refractivity contribution < 1.29 is 14.4 Å². The van der Waals surface area contributed by atoms with Gasteiger partial charge in [-0.2, -0.15) is 5.10 Å². The predicted molar refractivity (Wildman–Crippen MR) is 107 cm³/mol. The number of primary amides is 1. The molecular formula is C21H25N5O3. The third-order valence-corrected chi connectivity index (χ3v) is 6.11. The number of rotatable bonds is 2. The smallest absolute Gasteiger partial charge is 0.311 e. The van der Waals surface area contributed by atoms with Crippen molar-refractivity contribution >= 4 is 17.7 Å². The summed E-state index contributed by atoms with van der Waals surface area (Å²) in [5.41, 5.74) is 9.49. The van der Waals surface area contributed by atoms with Crippen molar-refractivity contribution in [3.8, 4) is 11.3 Å². The van der Waals surface area contributed by atoms with Crippen molar-refractivity contribution in [2.45, 2.75) is 26.7 Å². The number of piperidine rings is 1. The molecule has 0 bridgehead atoms. The first-order valence-corrected chi connectivity index (χ1v) is 9.79. The van der Waals surface area contributed by atoms with Gasteiger partial charge in [-0.05, 0) is 49.9 Å². The molecule has 2 saturated heterocycles. The Kier molecular flexibility index (Phi) is 4.64. The zero-order valence-corrected chi connectivity index (χ0v) is 16.7. The fraction of sp³-hybridized carbons (Fsp3) is 0.429. The number of nitrogens with two attached hydrogens (primary N) is 1. The molecule has 1 spiro atoms. The van der Waals surface area contributed by atoms with Crippen LogP contribution in [0.25, 0.3) is 11.3 Å². The highest BCUT2D eigenvalue weighted by atomic mass is 16.2. The zero-order valence-electron chi connectivity index (χ0n) is 16.7. The van der Waals surface area contributed by atoms with Crippen LogP contribution < -0.4 is 5.73 Å². The average Bonchev–Trinajstić information content (AvgIpc) is 3.17. The molecule has 2 fully saturated rings. The molecule has 3 heterocycles. The number of nitrogens with zero attached hydrogens (tertiary/aromatic N) is 3. The molecule has 0 saturated carbocycles. The minimum Gasteiger partial charge on any atom is -0.361 e. The van der Waals surface area contributed by atoms with Gasteiger partial charge in [-0.1, -0.05) is 12.1 Å². The Balaban J connectivity index is 1.45. The molecule has 2 aromatic rings. The van der Waals surface area contributed by atoms with Gasteiger partial charge in [0.1, 0.15) is 5.69 Å². The van der Waals surface area contributed by atoms with Crippen molar-refractivity contribution in [2.24, 2.45) is 11.1 Å². The molecule has 2 aliphatic rings. The summed E-state index contributed by atoms with van der Waals surface area (Å²) in [6, 6.07) is 7.90. The third kappa shape index (κ3) is 3.50. The maximum atomic E-state index is 13.0. The highest BCUT2D eigenvalue weighted by Gasteiger charge is 2.49. The minimum absolute atomic E-state index is 0.0914. The molecule has 29 heavy (non-hydrogen) atoms. The summed E-state index contributed by atoms with van der Waals surface area (Å²) >= 11 is 0. The first-order chi connectivity index (χ1) is 13.8. The number of carbonyl (C=O) groups excluding carboxylic acids is 3. The van der Waals surface area contributed by atoms with Gasteiger partial charge in [-0.15, -0.1) is 0 Å². The Morgan fingerprint density at radius 2 is 1.79 bits per heavy atom. The first kappa shape index (κ1) is 19.2. The summed E-state index contributed by atoms with van der Waals surface area (Å²) in [6.07, 6.45) is 1.79. The van der Waals surface area contributed by atoms with E-state index in [2.05, 4.69) is 30.1 Å².